The number of aromatic nitrogens is 7. The molecule has 0 bridgehead atoms. The fourth-order valence-electron chi connectivity index (χ4n) is 4.38. The van der Waals surface area contributed by atoms with E-state index in [1.807, 2.05) is 12.1 Å². The summed E-state index contributed by atoms with van der Waals surface area (Å²) in [4.78, 5) is 16.7. The molecule has 4 heterocycles. The molecule has 2 fully saturated rings. The van der Waals surface area contributed by atoms with Gasteiger partial charge in [0.25, 0.3) is 5.91 Å². The van der Waals surface area contributed by atoms with Gasteiger partial charge in [0, 0.05) is 5.56 Å². The maximum atomic E-state index is 12.7. The molecule has 2 aromatic carbocycles. The van der Waals surface area contributed by atoms with Gasteiger partial charge in [-0.2, -0.15) is 9.78 Å². The molecule has 13 nitrogen and oxygen atoms in total. The van der Waals surface area contributed by atoms with E-state index in [1.165, 1.54) is 6.33 Å². The monoisotopic (exact) mass is 490 g/mol. The van der Waals surface area contributed by atoms with Crippen molar-refractivity contribution < 1.29 is 23.7 Å². The topological polar surface area (TPSA) is 140 Å². The Morgan fingerprint density at radius 2 is 1.81 bits per heavy atom. The lowest BCUT2D eigenvalue weighted by molar-refractivity contribution is 0.0606. The highest BCUT2D eigenvalue weighted by atomic mass is 16.6. The first kappa shape index (κ1) is 22.1. The van der Waals surface area contributed by atoms with Gasteiger partial charge >= 0.3 is 6.01 Å². The van der Waals surface area contributed by atoms with Gasteiger partial charge in [0.15, 0.2) is 0 Å². The second-order valence-corrected chi connectivity index (χ2v) is 8.31. The van der Waals surface area contributed by atoms with E-state index in [1.54, 1.807) is 59.2 Å². The van der Waals surface area contributed by atoms with Crippen LogP contribution in [-0.2, 0) is 9.47 Å². The highest BCUT2D eigenvalue weighted by molar-refractivity contribution is 5.94. The van der Waals surface area contributed by atoms with Gasteiger partial charge in [0.1, 0.15) is 42.4 Å². The molecule has 0 spiro atoms. The first-order chi connectivity index (χ1) is 17.7. The summed E-state index contributed by atoms with van der Waals surface area (Å²) in [6.07, 6.45) is 2.40. The molecule has 2 aliphatic heterocycles. The van der Waals surface area contributed by atoms with E-state index in [0.29, 0.717) is 30.3 Å². The van der Waals surface area contributed by atoms with Crippen molar-refractivity contribution in [3.05, 3.63) is 66.7 Å². The van der Waals surface area contributed by atoms with E-state index >= 15 is 0 Å². The lowest BCUT2D eigenvalue weighted by atomic mass is 10.1. The number of hydrogen-bond donors (Lipinski definition) is 1. The largest absolute Gasteiger partial charge is 0.497 e. The molecule has 4 atom stereocenters. The summed E-state index contributed by atoms with van der Waals surface area (Å²) in [6, 6.07) is 13.8. The Kier molecular flexibility index (Phi) is 5.75. The first-order valence-electron chi connectivity index (χ1n) is 11.3. The number of ether oxygens (including phenoxy) is 4. The molecule has 0 radical (unpaired) electrons. The van der Waals surface area contributed by atoms with Crippen molar-refractivity contribution in [1.82, 2.24) is 40.3 Å². The SMILES string of the molecule is COc1ccc(C(=O)N[C@H]2CO[C@H]3[C@@H]2OC[C@@H]3n2nnnc2Oc2ccc(-n3cncn3)cc2)cc1. The van der Waals surface area contributed by atoms with E-state index < -0.39 is 0 Å². The van der Waals surface area contributed by atoms with Crippen LogP contribution >= 0.6 is 0 Å². The van der Waals surface area contributed by atoms with Crippen molar-refractivity contribution in [2.24, 2.45) is 0 Å². The van der Waals surface area contributed by atoms with Crippen molar-refractivity contribution in [2.75, 3.05) is 20.3 Å². The number of fused-ring (bicyclic) bond motifs is 1. The first-order valence-corrected chi connectivity index (χ1v) is 11.3. The predicted molar refractivity (Wildman–Crippen MR) is 122 cm³/mol. The lowest BCUT2D eigenvalue weighted by Gasteiger charge is -2.18. The molecule has 13 heteroatoms. The predicted octanol–water partition coefficient (Wildman–Crippen LogP) is 1.19. The Labute approximate surface area is 204 Å². The van der Waals surface area contributed by atoms with Crippen LogP contribution in [-0.4, -0.2) is 79.5 Å². The molecule has 0 aliphatic carbocycles. The van der Waals surface area contributed by atoms with Crippen LogP contribution < -0.4 is 14.8 Å². The number of nitrogens with one attached hydrogen (secondary N) is 1. The number of nitrogens with zero attached hydrogens (tertiary/aromatic N) is 7. The summed E-state index contributed by atoms with van der Waals surface area (Å²) >= 11 is 0. The Balaban J connectivity index is 1.12. The summed E-state index contributed by atoms with van der Waals surface area (Å²) in [5, 5.41) is 19.0. The molecule has 2 saturated heterocycles. The van der Waals surface area contributed by atoms with E-state index in [-0.39, 0.29) is 36.2 Å². The number of carbonyl (C=O) groups excluding carboxylic acids is 1. The third-order valence-electron chi connectivity index (χ3n) is 6.20. The number of amides is 1. The Hall–Kier alpha value is -4.36. The van der Waals surface area contributed by atoms with Gasteiger partial charge in [0.2, 0.25) is 0 Å². The van der Waals surface area contributed by atoms with Gasteiger partial charge < -0.3 is 24.3 Å². The van der Waals surface area contributed by atoms with Crippen molar-refractivity contribution in [1.29, 1.82) is 0 Å². The van der Waals surface area contributed by atoms with Crippen LogP contribution in [0.1, 0.15) is 16.4 Å². The van der Waals surface area contributed by atoms with Gasteiger partial charge in [-0.3, -0.25) is 4.79 Å². The number of tetrazole rings is 1. The van der Waals surface area contributed by atoms with Gasteiger partial charge in [-0.05, 0) is 59.0 Å². The number of methoxy groups -OCH3 is 1. The highest BCUT2D eigenvalue weighted by Gasteiger charge is 2.50. The van der Waals surface area contributed by atoms with Crippen LogP contribution in [0.3, 0.4) is 0 Å². The molecule has 1 amide bonds. The second kappa shape index (κ2) is 9.36. The van der Waals surface area contributed by atoms with Gasteiger partial charge in [-0.1, -0.05) is 5.10 Å². The minimum Gasteiger partial charge on any atom is -0.497 e. The molecule has 2 aliphatic rings. The minimum atomic E-state index is -0.341. The molecule has 1 N–H and O–H groups in total. The molecular weight excluding hydrogens is 468 g/mol. The van der Waals surface area contributed by atoms with Gasteiger partial charge in [-0.25, -0.2) is 9.67 Å². The van der Waals surface area contributed by atoms with E-state index in [9.17, 15) is 4.79 Å². The number of carbonyl (C=O) groups is 1. The van der Waals surface area contributed by atoms with E-state index in [4.69, 9.17) is 18.9 Å². The maximum Gasteiger partial charge on any atom is 0.341 e. The maximum absolute atomic E-state index is 12.7. The number of hydrogen-bond acceptors (Lipinski definition) is 10. The quantitative estimate of drug-likeness (QED) is 0.402. The van der Waals surface area contributed by atoms with Crippen LogP contribution in [0.25, 0.3) is 5.69 Å². The third-order valence-corrected chi connectivity index (χ3v) is 6.20. The van der Waals surface area contributed by atoms with E-state index in [2.05, 4.69) is 30.9 Å². The zero-order valence-electron chi connectivity index (χ0n) is 19.2. The van der Waals surface area contributed by atoms with Crippen LogP contribution in [0.5, 0.6) is 17.5 Å². The fourth-order valence-corrected chi connectivity index (χ4v) is 4.38. The average molecular weight is 490 g/mol. The van der Waals surface area contributed by atoms with Crippen LogP contribution in [0.4, 0.5) is 0 Å². The molecular formula is C23H22N8O5. The van der Waals surface area contributed by atoms with E-state index in [0.717, 1.165) is 5.69 Å². The zero-order chi connectivity index (χ0) is 24.5. The molecule has 2 aromatic heterocycles. The zero-order valence-corrected chi connectivity index (χ0v) is 19.2. The fraction of sp³-hybridized carbons (Fsp3) is 0.304. The van der Waals surface area contributed by atoms with Crippen molar-refractivity contribution in [3.8, 4) is 23.2 Å². The van der Waals surface area contributed by atoms with Crippen molar-refractivity contribution in [3.63, 3.8) is 0 Å². The third kappa shape index (κ3) is 4.14. The number of benzene rings is 2. The van der Waals surface area contributed by atoms with Gasteiger partial charge in [-0.15, -0.1) is 0 Å². The second-order valence-electron chi connectivity index (χ2n) is 8.31. The summed E-state index contributed by atoms with van der Waals surface area (Å²) in [7, 11) is 1.58. The normalized spacial score (nSPS) is 22.8. The van der Waals surface area contributed by atoms with Crippen LogP contribution in [0.15, 0.2) is 61.2 Å². The standard InChI is InChI=1S/C23H22N8O5/c1-33-16-6-2-14(3-7-16)22(32)26-18-10-34-21-19(11-35-20(18)21)31-23(27-28-29-31)36-17-8-4-15(5-9-17)30-13-24-12-25-30/h2-9,12-13,18-21H,10-11H2,1H3,(H,26,32)/t18-,19-,20+,21+/m0/s1. The van der Waals surface area contributed by atoms with Gasteiger partial charge in [0.05, 0.1) is 32.1 Å². The Morgan fingerprint density at radius 1 is 1.03 bits per heavy atom. The molecule has 36 heavy (non-hydrogen) atoms. The summed E-state index contributed by atoms with van der Waals surface area (Å²) < 4.78 is 26.3. The molecule has 184 valence electrons. The Morgan fingerprint density at radius 3 is 2.56 bits per heavy atom. The highest BCUT2D eigenvalue weighted by Crippen LogP contribution is 2.36. The number of rotatable bonds is 7. The molecule has 6 rings (SSSR count). The summed E-state index contributed by atoms with van der Waals surface area (Å²) in [5.41, 5.74) is 1.37. The molecule has 0 saturated carbocycles. The van der Waals surface area contributed by atoms with Crippen molar-refractivity contribution in [2.45, 2.75) is 24.3 Å². The summed E-state index contributed by atoms with van der Waals surface area (Å²) in [5.74, 6) is 1.03. The molecule has 0 unspecified atom stereocenters. The Bertz CT molecular complexity index is 1330. The van der Waals surface area contributed by atoms with Crippen LogP contribution in [0, 0.1) is 0 Å². The van der Waals surface area contributed by atoms with Crippen molar-refractivity contribution >= 4 is 5.91 Å². The minimum absolute atomic E-state index is 0.209. The molecule has 4 aromatic rings. The average Bonchev–Trinajstić information content (AvgIpc) is 3.71. The smallest absolute Gasteiger partial charge is 0.341 e. The lowest BCUT2D eigenvalue weighted by Crippen LogP contribution is -2.44. The summed E-state index contributed by atoms with van der Waals surface area (Å²) in [6.45, 7) is 0.632. The van der Waals surface area contributed by atoms with Crippen LogP contribution in [0.2, 0.25) is 0 Å².